The van der Waals surface area contributed by atoms with E-state index in [1.807, 2.05) is 18.2 Å². The summed E-state index contributed by atoms with van der Waals surface area (Å²) in [5.74, 6) is 0. The van der Waals surface area contributed by atoms with Crippen LogP contribution in [-0.4, -0.2) is 18.8 Å². The lowest BCUT2D eigenvalue weighted by atomic mass is 9.67. The van der Waals surface area contributed by atoms with Crippen molar-refractivity contribution in [1.82, 2.24) is 5.32 Å². The summed E-state index contributed by atoms with van der Waals surface area (Å²) in [6.45, 7) is 9.18. The van der Waals surface area contributed by atoms with Gasteiger partial charge in [0.1, 0.15) is 0 Å². The van der Waals surface area contributed by atoms with Gasteiger partial charge in [0.25, 0.3) is 0 Å². The Bertz CT molecular complexity index is 725. The number of benzene rings is 2. The zero-order valence-corrected chi connectivity index (χ0v) is 16.9. The number of halogens is 1. The molecule has 1 atom stereocenters. The predicted octanol–water partition coefficient (Wildman–Crippen LogP) is 5.66. The van der Waals surface area contributed by atoms with Crippen molar-refractivity contribution in [2.24, 2.45) is 0 Å². The molecule has 140 valence electrons. The molecule has 2 aromatic rings. The van der Waals surface area contributed by atoms with Gasteiger partial charge in [0, 0.05) is 23.6 Å². The fourth-order valence-corrected chi connectivity index (χ4v) is 4.38. The van der Waals surface area contributed by atoms with Gasteiger partial charge in [-0.25, -0.2) is 0 Å². The molecule has 0 radical (unpaired) electrons. The summed E-state index contributed by atoms with van der Waals surface area (Å²) in [6, 6.07) is 17.1. The molecule has 2 nitrogen and oxygen atoms in total. The van der Waals surface area contributed by atoms with Crippen molar-refractivity contribution in [3.63, 3.8) is 0 Å². The van der Waals surface area contributed by atoms with Crippen molar-refractivity contribution in [3.05, 3.63) is 70.2 Å². The molecule has 0 spiro atoms. The van der Waals surface area contributed by atoms with Crippen molar-refractivity contribution < 1.29 is 4.74 Å². The second-order valence-electron chi connectivity index (χ2n) is 8.20. The fourth-order valence-electron chi connectivity index (χ4n) is 4.18. The van der Waals surface area contributed by atoms with E-state index in [0.717, 1.165) is 49.5 Å². The smallest absolute Gasteiger partial charge is 0.0635 e. The van der Waals surface area contributed by atoms with Crippen LogP contribution in [0.2, 0.25) is 5.02 Å². The first kappa shape index (κ1) is 19.4. The second kappa shape index (κ2) is 8.12. The van der Waals surface area contributed by atoms with Crippen molar-refractivity contribution >= 4 is 11.6 Å². The maximum absolute atomic E-state index is 6.27. The molecular weight excluding hydrogens is 342 g/mol. The Kier molecular flexibility index (Phi) is 6.06. The standard InChI is InChI=1S/C23H30ClNO/c1-18-8-10-20(11-9-18)23(13-15-26-22(2,3)17-23)12-14-25-16-19-6-4-5-7-21(19)24/h4-11,25H,12-17H2,1-3H3. The highest BCUT2D eigenvalue weighted by Gasteiger charge is 2.41. The lowest BCUT2D eigenvalue weighted by Crippen LogP contribution is -2.45. The van der Waals surface area contributed by atoms with Crippen LogP contribution >= 0.6 is 11.6 Å². The van der Waals surface area contributed by atoms with Crippen LogP contribution in [0, 0.1) is 6.92 Å². The highest BCUT2D eigenvalue weighted by atomic mass is 35.5. The van der Waals surface area contributed by atoms with Crippen LogP contribution in [0.25, 0.3) is 0 Å². The third-order valence-corrected chi connectivity index (χ3v) is 5.92. The minimum atomic E-state index is -0.0775. The molecule has 0 aliphatic carbocycles. The first-order valence-electron chi connectivity index (χ1n) is 9.56. The van der Waals surface area contributed by atoms with Crippen molar-refractivity contribution in [1.29, 1.82) is 0 Å². The van der Waals surface area contributed by atoms with Crippen molar-refractivity contribution in [2.45, 2.75) is 57.6 Å². The average molecular weight is 372 g/mol. The van der Waals surface area contributed by atoms with E-state index < -0.39 is 0 Å². The monoisotopic (exact) mass is 371 g/mol. The fraction of sp³-hybridized carbons (Fsp3) is 0.478. The van der Waals surface area contributed by atoms with E-state index >= 15 is 0 Å². The average Bonchev–Trinajstić information content (AvgIpc) is 2.60. The van der Waals surface area contributed by atoms with E-state index in [2.05, 4.69) is 56.4 Å². The molecule has 1 fully saturated rings. The third kappa shape index (κ3) is 4.68. The predicted molar refractivity (Wildman–Crippen MR) is 110 cm³/mol. The molecule has 26 heavy (non-hydrogen) atoms. The Labute approximate surface area is 162 Å². The number of hydrogen-bond acceptors (Lipinski definition) is 2. The van der Waals surface area contributed by atoms with E-state index in [1.54, 1.807) is 0 Å². The number of aryl methyl sites for hydroxylation is 1. The van der Waals surface area contributed by atoms with E-state index in [4.69, 9.17) is 16.3 Å². The molecular formula is C23H30ClNO. The van der Waals surface area contributed by atoms with Crippen LogP contribution in [0.3, 0.4) is 0 Å². The maximum atomic E-state index is 6.27. The first-order valence-corrected chi connectivity index (χ1v) is 9.93. The van der Waals surface area contributed by atoms with Gasteiger partial charge < -0.3 is 10.1 Å². The SMILES string of the molecule is Cc1ccc(C2(CCNCc3ccccc3Cl)CCOC(C)(C)C2)cc1. The second-order valence-corrected chi connectivity index (χ2v) is 8.61. The topological polar surface area (TPSA) is 21.3 Å². The highest BCUT2D eigenvalue weighted by molar-refractivity contribution is 6.31. The molecule has 2 aromatic carbocycles. The Balaban J connectivity index is 1.70. The molecule has 0 aromatic heterocycles. The number of rotatable bonds is 6. The zero-order chi connectivity index (χ0) is 18.6. The molecule has 1 aliphatic rings. The summed E-state index contributed by atoms with van der Waals surface area (Å²) >= 11 is 6.27. The Morgan fingerprint density at radius 2 is 1.81 bits per heavy atom. The highest BCUT2D eigenvalue weighted by Crippen LogP contribution is 2.43. The normalized spacial score (nSPS) is 22.3. The Morgan fingerprint density at radius 1 is 1.08 bits per heavy atom. The number of nitrogens with one attached hydrogen (secondary N) is 1. The largest absolute Gasteiger partial charge is 0.376 e. The summed E-state index contributed by atoms with van der Waals surface area (Å²) in [5.41, 5.74) is 4.01. The van der Waals surface area contributed by atoms with Gasteiger partial charge in [-0.15, -0.1) is 0 Å². The van der Waals surface area contributed by atoms with Gasteiger partial charge in [-0.2, -0.15) is 0 Å². The minimum absolute atomic E-state index is 0.0775. The Hall–Kier alpha value is -1.35. The molecule has 0 amide bonds. The molecule has 1 N–H and O–H groups in total. The van der Waals surface area contributed by atoms with Gasteiger partial charge in [0.2, 0.25) is 0 Å². The number of ether oxygens (including phenoxy) is 1. The van der Waals surface area contributed by atoms with E-state index in [-0.39, 0.29) is 11.0 Å². The maximum Gasteiger partial charge on any atom is 0.0635 e. The van der Waals surface area contributed by atoms with Crippen LogP contribution < -0.4 is 5.32 Å². The van der Waals surface area contributed by atoms with Crippen LogP contribution in [0.5, 0.6) is 0 Å². The lowest BCUT2D eigenvalue weighted by molar-refractivity contribution is -0.0840. The van der Waals surface area contributed by atoms with Gasteiger partial charge in [-0.1, -0.05) is 59.6 Å². The minimum Gasteiger partial charge on any atom is -0.376 e. The van der Waals surface area contributed by atoms with Gasteiger partial charge in [-0.3, -0.25) is 0 Å². The third-order valence-electron chi connectivity index (χ3n) is 5.56. The summed E-state index contributed by atoms with van der Waals surface area (Å²) < 4.78 is 6.02. The molecule has 1 unspecified atom stereocenters. The Morgan fingerprint density at radius 3 is 2.50 bits per heavy atom. The van der Waals surface area contributed by atoms with Gasteiger partial charge in [0.15, 0.2) is 0 Å². The van der Waals surface area contributed by atoms with Gasteiger partial charge in [-0.05, 0) is 63.8 Å². The number of hydrogen-bond donors (Lipinski definition) is 1. The van der Waals surface area contributed by atoms with Crippen molar-refractivity contribution in [2.75, 3.05) is 13.2 Å². The quantitative estimate of drug-likeness (QED) is 0.662. The van der Waals surface area contributed by atoms with Crippen LogP contribution in [0.15, 0.2) is 48.5 Å². The molecule has 3 rings (SSSR count). The molecule has 1 aliphatic heterocycles. The zero-order valence-electron chi connectivity index (χ0n) is 16.1. The van der Waals surface area contributed by atoms with Gasteiger partial charge >= 0.3 is 0 Å². The van der Waals surface area contributed by atoms with E-state index in [9.17, 15) is 0 Å². The van der Waals surface area contributed by atoms with Crippen LogP contribution in [0.4, 0.5) is 0 Å². The molecule has 0 bridgehead atoms. The van der Waals surface area contributed by atoms with E-state index in [1.165, 1.54) is 11.1 Å². The molecule has 1 saturated heterocycles. The molecule has 0 saturated carbocycles. The van der Waals surface area contributed by atoms with E-state index in [0.29, 0.717) is 0 Å². The van der Waals surface area contributed by atoms with Gasteiger partial charge in [0.05, 0.1) is 5.60 Å². The molecule has 3 heteroatoms. The van der Waals surface area contributed by atoms with Crippen LogP contribution in [-0.2, 0) is 16.7 Å². The summed E-state index contributed by atoms with van der Waals surface area (Å²) in [6.07, 6.45) is 3.23. The summed E-state index contributed by atoms with van der Waals surface area (Å²) in [7, 11) is 0. The van der Waals surface area contributed by atoms with Crippen molar-refractivity contribution in [3.8, 4) is 0 Å². The lowest BCUT2D eigenvalue weighted by Gasteiger charge is -2.45. The first-order chi connectivity index (χ1) is 12.4. The summed E-state index contributed by atoms with van der Waals surface area (Å²) in [5, 5.41) is 4.43. The molecule has 1 heterocycles. The summed E-state index contributed by atoms with van der Waals surface area (Å²) in [4.78, 5) is 0. The van der Waals surface area contributed by atoms with Crippen LogP contribution in [0.1, 0.15) is 49.8 Å².